The number of aliphatic imine (C=N–C) groups is 6. The third kappa shape index (κ3) is 46.4. The number of carboxylic acid groups (broad SMARTS) is 1. The van der Waals surface area contributed by atoms with Gasteiger partial charge in [-0.05, 0) is 171 Å². The molecule has 0 heterocycles. The van der Waals surface area contributed by atoms with Crippen LogP contribution in [0.1, 0.15) is 44.9 Å². The molecule has 1 aliphatic carbocycles. The Balaban J connectivity index is 0.000000262. The Bertz CT molecular complexity index is 4730. The zero-order valence-corrected chi connectivity index (χ0v) is 73.0. The minimum Gasteiger partial charge on any atom is -0.480 e. The van der Waals surface area contributed by atoms with Crippen molar-refractivity contribution in [3.63, 3.8) is 0 Å². The fourth-order valence-corrected chi connectivity index (χ4v) is 10.9. The number of hydrogen-bond acceptors (Lipinski definition) is 12. The lowest BCUT2D eigenvalue weighted by atomic mass is 9.96. The molecule has 1 unspecified atom stereocenters. The SMILES string of the molecule is CN(C(=N)N(C)c1ccccc1)c1ccccc1.CN=C(Nc1ccccc1)Nc1ccccc1.CN=C(Nc1ccccc1)Nc1ccccc1.CN=C(Nc1ccccc1)Nc1ccccc1.N=C(N)N.NC(=Nc1ccccc1)Nc1ccccc1.NC(N)=NCCCC(N)C(=O)O.NN=C(N)N.c1ccc(NC(=NC2CCCCC2)Nc2ccccc2)cc1. The molecule has 31 heteroatoms. The van der Waals surface area contributed by atoms with Crippen LogP contribution in [0.2, 0.25) is 0 Å². The average Bonchev–Trinajstić information content (AvgIpc) is 0.845. The molecule has 1 atom stereocenters. The van der Waals surface area contributed by atoms with E-state index in [0.29, 0.717) is 37.3 Å². The molecule has 0 radical (unpaired) electrons. The molecule has 1 saturated carbocycles. The maximum absolute atomic E-state index is 10.2. The number of guanidine groups is 9. The maximum atomic E-state index is 10.2. The standard InChI is InChI=1S/C19H23N3.C15H17N3.3C14H15N3.C13H13N3.C6H14N4O2.CH6N4.CH5N3/c1-4-10-16(11-5-1)20-19(21-17-12-6-2-7-13-17)22-18-14-8-3-9-15-18;1-17(13-9-5-3-6-10-13)15(16)18(2)14-11-7-4-8-12-14;3*1-15-14(16-12-8-4-2-5-9-12)17-13-10-6-3-7-11-13;14-13(15-11-7-3-1-4-8-11)16-12-9-5-2-6-10-12;7-4(5(11)12)2-1-3-10-6(8)9;2-1(3)5-4;2-1(3)4/h1-2,4-7,10-13,18H,3,8-9,14-15H2,(H2,20,21,22);3-12,16H,1-2H3;3*2-11H,1H3,(H2,15,16,17);1-10H,(H3,14,15,16);4H,1-3,7H2,(H,11,12)(H4,8,9,10);4H2,(H4,2,3,5);(H5,2,3,4). The van der Waals surface area contributed by atoms with Crippen molar-refractivity contribution in [1.82, 2.24) is 0 Å². The smallest absolute Gasteiger partial charge is 0.320 e. The van der Waals surface area contributed by atoms with E-state index in [1.54, 1.807) is 21.1 Å². The zero-order valence-electron chi connectivity index (χ0n) is 73.0. The Hall–Kier alpha value is -16.7. The van der Waals surface area contributed by atoms with E-state index in [4.69, 9.17) is 55.3 Å². The van der Waals surface area contributed by atoms with Crippen molar-refractivity contribution in [2.75, 3.05) is 99.4 Å². The number of nitrogens with zero attached hydrogens (tertiary/aromatic N) is 9. The van der Waals surface area contributed by atoms with Crippen LogP contribution in [0.5, 0.6) is 0 Å². The summed E-state index contributed by atoms with van der Waals surface area (Å²) in [7, 11) is 9.05. The number of anilines is 11. The molecule has 13 rings (SSSR count). The molecule has 668 valence electrons. The van der Waals surface area contributed by atoms with Gasteiger partial charge in [-0.3, -0.25) is 35.6 Å². The van der Waals surface area contributed by atoms with E-state index in [9.17, 15) is 4.79 Å². The number of rotatable bonds is 18. The molecule has 12 aromatic rings. The summed E-state index contributed by atoms with van der Waals surface area (Å²) in [6.45, 7) is 0.420. The van der Waals surface area contributed by atoms with E-state index in [0.717, 1.165) is 92.1 Å². The van der Waals surface area contributed by atoms with Gasteiger partial charge < -0.3 is 114 Å². The molecule has 0 amide bonds. The second kappa shape index (κ2) is 62.4. The van der Waals surface area contributed by atoms with E-state index in [-0.39, 0.29) is 17.9 Å². The largest absolute Gasteiger partial charge is 0.480 e. The Kier molecular flexibility index (Phi) is 49.7. The fraction of sp³-hybridized carbons (Fsp3) is 0.155. The van der Waals surface area contributed by atoms with Gasteiger partial charge in [0.1, 0.15) is 6.04 Å². The third-order valence-electron chi connectivity index (χ3n) is 17.3. The molecule has 30 N–H and O–H groups in total. The maximum Gasteiger partial charge on any atom is 0.320 e. The summed E-state index contributed by atoms with van der Waals surface area (Å²) >= 11 is 0. The Labute approximate surface area is 751 Å². The highest BCUT2D eigenvalue weighted by Crippen LogP contribution is 2.23. The van der Waals surface area contributed by atoms with Crippen molar-refractivity contribution in [2.24, 2.45) is 86.8 Å². The van der Waals surface area contributed by atoms with Gasteiger partial charge in [0.25, 0.3) is 0 Å². The second-order valence-corrected chi connectivity index (χ2v) is 27.3. The quantitative estimate of drug-likeness (QED) is 0.0125. The molecule has 128 heavy (non-hydrogen) atoms. The molecule has 0 aromatic heterocycles. The summed E-state index contributed by atoms with van der Waals surface area (Å²) in [6, 6.07) is 119. The van der Waals surface area contributed by atoms with Gasteiger partial charge in [0, 0.05) is 104 Å². The topological polar surface area (TPSA) is 520 Å². The number of aliphatic carboxylic acids is 1. The van der Waals surface area contributed by atoms with Crippen LogP contribution in [0.25, 0.3) is 0 Å². The summed E-state index contributed by atoms with van der Waals surface area (Å²) in [5, 5.41) is 54.7. The van der Waals surface area contributed by atoms with Gasteiger partial charge in [0.05, 0.1) is 11.7 Å². The van der Waals surface area contributed by atoms with Crippen LogP contribution in [-0.2, 0) is 4.79 Å². The van der Waals surface area contributed by atoms with Crippen LogP contribution >= 0.6 is 0 Å². The molecule has 12 aromatic carbocycles. The van der Waals surface area contributed by atoms with Gasteiger partial charge in [-0.2, -0.15) is 0 Å². The molecule has 0 bridgehead atoms. The summed E-state index contributed by atoms with van der Waals surface area (Å²) in [6.07, 6.45) is 7.26. The number of para-hydroxylation sites is 12. The van der Waals surface area contributed by atoms with Crippen molar-refractivity contribution in [3.8, 4) is 0 Å². The first-order valence-corrected chi connectivity index (χ1v) is 41.0. The number of nitrogens with one attached hydrogen (secondary N) is 11. The first-order valence-electron chi connectivity index (χ1n) is 41.0. The van der Waals surface area contributed by atoms with E-state index < -0.39 is 12.0 Å². The first-order chi connectivity index (χ1) is 62.1. The molecule has 31 nitrogen and oxygen atoms in total. The molecule has 1 fully saturated rings. The van der Waals surface area contributed by atoms with Gasteiger partial charge in [-0.1, -0.05) is 238 Å². The monoisotopic (exact) mass is 1730 g/mol. The van der Waals surface area contributed by atoms with Crippen LogP contribution in [0.4, 0.5) is 68.2 Å². The van der Waals surface area contributed by atoms with Gasteiger partial charge >= 0.3 is 5.97 Å². The summed E-state index contributed by atoms with van der Waals surface area (Å²) in [5.74, 6) is 6.93. The molecular formula is C97H123N29O2. The van der Waals surface area contributed by atoms with Crippen molar-refractivity contribution in [1.29, 1.82) is 10.8 Å². The van der Waals surface area contributed by atoms with Crippen LogP contribution in [-0.4, -0.2) is 119 Å². The summed E-state index contributed by atoms with van der Waals surface area (Å²) < 4.78 is 0. The van der Waals surface area contributed by atoms with Crippen molar-refractivity contribution in [3.05, 3.63) is 364 Å². The lowest BCUT2D eigenvalue weighted by molar-refractivity contribution is -0.138. The predicted molar refractivity (Wildman–Crippen MR) is 542 cm³/mol. The van der Waals surface area contributed by atoms with Gasteiger partial charge in [0.2, 0.25) is 17.9 Å². The number of benzene rings is 12. The van der Waals surface area contributed by atoms with Gasteiger partial charge in [0.15, 0.2) is 35.8 Å². The number of carboxylic acids is 1. The van der Waals surface area contributed by atoms with E-state index in [1.807, 2.05) is 364 Å². The normalized spacial score (nSPS) is 10.7. The van der Waals surface area contributed by atoms with E-state index in [2.05, 4.69) is 119 Å². The second-order valence-electron chi connectivity index (χ2n) is 27.3. The van der Waals surface area contributed by atoms with Crippen LogP contribution in [0.3, 0.4) is 0 Å². The number of hydrazone groups is 1. The van der Waals surface area contributed by atoms with Crippen LogP contribution in [0.15, 0.2) is 399 Å². The van der Waals surface area contributed by atoms with Crippen molar-refractivity contribution < 1.29 is 9.90 Å². The van der Waals surface area contributed by atoms with Crippen LogP contribution in [0, 0.1) is 10.8 Å². The number of carbonyl (C=O) groups is 1. The van der Waals surface area contributed by atoms with E-state index in [1.165, 1.54) is 32.1 Å². The predicted octanol–water partition coefficient (Wildman–Crippen LogP) is 15.9. The molecule has 1 aliphatic rings. The highest BCUT2D eigenvalue weighted by molar-refractivity contribution is 6.07. The molecule has 0 saturated heterocycles. The first kappa shape index (κ1) is 102. The average molecular weight is 1730 g/mol. The Morgan fingerprint density at radius 3 is 0.844 bits per heavy atom. The fourth-order valence-electron chi connectivity index (χ4n) is 10.9. The summed E-state index contributed by atoms with van der Waals surface area (Å²) in [5.41, 5.74) is 51.4. The zero-order chi connectivity index (χ0) is 92.4. The minimum atomic E-state index is -1.00. The Morgan fingerprint density at radius 2 is 0.609 bits per heavy atom. The Morgan fingerprint density at radius 1 is 0.375 bits per heavy atom. The minimum absolute atomic E-state index is 0.0129. The van der Waals surface area contributed by atoms with Crippen molar-refractivity contribution in [2.45, 2.75) is 57.0 Å². The molecule has 0 aliphatic heterocycles. The molecule has 0 spiro atoms. The highest BCUT2D eigenvalue weighted by Gasteiger charge is 2.16. The number of nitrogens with two attached hydrogens (primary N) is 9. The molecular weight excluding hydrogens is 1600 g/mol. The lowest BCUT2D eigenvalue weighted by Gasteiger charge is -2.28. The van der Waals surface area contributed by atoms with Gasteiger partial charge in [-0.15, -0.1) is 5.10 Å². The third-order valence-corrected chi connectivity index (χ3v) is 17.3. The number of hydrogen-bond donors (Lipinski definition) is 21. The highest BCUT2D eigenvalue weighted by atomic mass is 16.4. The summed E-state index contributed by atoms with van der Waals surface area (Å²) in [4.78, 5) is 39.3. The van der Waals surface area contributed by atoms with Crippen LogP contribution < -0.4 is 109 Å². The van der Waals surface area contributed by atoms with E-state index >= 15 is 0 Å². The van der Waals surface area contributed by atoms with Crippen molar-refractivity contribution >= 4 is 128 Å². The van der Waals surface area contributed by atoms with Gasteiger partial charge in [-0.25, -0.2) is 9.98 Å². The lowest BCUT2D eigenvalue weighted by Crippen LogP contribution is -2.39.